The van der Waals surface area contributed by atoms with Gasteiger partial charge in [-0.3, -0.25) is 4.79 Å². The largest absolute Gasteiger partial charge is 0.389 e. The minimum absolute atomic E-state index is 0.0264. The molecule has 1 aliphatic heterocycles. The summed E-state index contributed by atoms with van der Waals surface area (Å²) in [5, 5.41) is 14.2. The Kier molecular flexibility index (Phi) is 9.49. The Bertz CT molecular complexity index is 664. The summed E-state index contributed by atoms with van der Waals surface area (Å²) < 4.78 is 33.8. The van der Waals surface area contributed by atoms with E-state index in [4.69, 9.17) is 16.5 Å². The average Bonchev–Trinajstić information content (AvgIpc) is 2.68. The number of unbranched alkanes of at least 4 members (excludes halogenated alkanes) is 1. The molecule has 0 bridgehead atoms. The molecule has 8 heteroatoms. The number of hydrogen-bond donors (Lipinski definition) is 2. The number of benzene rings is 1. The summed E-state index contributed by atoms with van der Waals surface area (Å²) in [4.78, 5) is 11.8. The van der Waals surface area contributed by atoms with Crippen LogP contribution in [0.15, 0.2) is 30.9 Å². The first kappa shape index (κ1) is 23.7. The van der Waals surface area contributed by atoms with Crippen LogP contribution in [-0.4, -0.2) is 52.9 Å². The second kappa shape index (κ2) is 11.6. The lowest BCUT2D eigenvalue weighted by Crippen LogP contribution is -2.56. The highest BCUT2D eigenvalue weighted by Gasteiger charge is 2.35. The van der Waals surface area contributed by atoms with Crippen molar-refractivity contribution in [3.8, 4) is 0 Å². The van der Waals surface area contributed by atoms with E-state index in [1.165, 1.54) is 19.1 Å². The molecule has 0 unspecified atom stereocenters. The molecule has 1 amide bonds. The highest BCUT2D eigenvalue weighted by molar-refractivity contribution is 6.21. The number of nitrogens with zero attached hydrogens (tertiary/aromatic N) is 1. The normalized spacial score (nSPS) is 21.4. The van der Waals surface area contributed by atoms with Crippen LogP contribution < -0.4 is 5.32 Å². The van der Waals surface area contributed by atoms with Crippen molar-refractivity contribution in [1.29, 1.82) is 0 Å². The van der Waals surface area contributed by atoms with E-state index in [1.54, 1.807) is 0 Å². The van der Waals surface area contributed by atoms with Gasteiger partial charge in [-0.1, -0.05) is 6.08 Å². The molecule has 162 valence electrons. The number of allylic oxidation sites excluding steroid dienone is 1. The lowest BCUT2D eigenvalue weighted by atomic mass is 9.90. The van der Waals surface area contributed by atoms with Crippen molar-refractivity contribution in [3.05, 3.63) is 48.1 Å². The number of amides is 1. The number of ether oxygens (including phenoxy) is 1. The summed E-state index contributed by atoms with van der Waals surface area (Å²) in [6.45, 7) is 6.18. The summed E-state index contributed by atoms with van der Waals surface area (Å²) in [6.07, 6.45) is 4.13. The zero-order valence-electron chi connectivity index (χ0n) is 16.6. The number of carbonyl (C=O) groups is 1. The number of rotatable bonds is 10. The molecule has 1 saturated heterocycles. The number of carbonyl (C=O) groups excluding carboxylic acids is 1. The Balaban J connectivity index is 2.00. The molecule has 0 aliphatic carbocycles. The number of nitrogens with one attached hydrogen (secondary N) is 1. The molecule has 2 rings (SSSR count). The quantitative estimate of drug-likeness (QED) is 0.339. The first-order chi connectivity index (χ1) is 13.8. The van der Waals surface area contributed by atoms with E-state index in [9.17, 15) is 18.7 Å². The van der Waals surface area contributed by atoms with Gasteiger partial charge in [-0.15, -0.1) is 6.58 Å². The van der Waals surface area contributed by atoms with Gasteiger partial charge in [0.1, 0.15) is 11.6 Å². The van der Waals surface area contributed by atoms with Crippen LogP contribution in [0.25, 0.3) is 0 Å². The summed E-state index contributed by atoms with van der Waals surface area (Å²) in [6, 6.07) is 1.98. The van der Waals surface area contributed by atoms with Crippen LogP contribution in [0, 0.1) is 11.6 Å². The number of aliphatic hydroxyl groups excluding tert-OH is 1. The SMILES string of the molecule is C=CCCCO[C@@H]1CC[C@H]([C@@H](O)[C@H](Cc2cc(F)cc(F)c2)N(Cl)C(C)=O)NC1. The lowest BCUT2D eigenvalue weighted by Gasteiger charge is -2.38. The van der Waals surface area contributed by atoms with Crippen molar-refractivity contribution in [2.75, 3.05) is 13.2 Å². The maximum atomic E-state index is 13.5. The van der Waals surface area contributed by atoms with Gasteiger partial charge in [0.05, 0.1) is 18.2 Å². The van der Waals surface area contributed by atoms with Gasteiger partial charge in [0.25, 0.3) is 0 Å². The van der Waals surface area contributed by atoms with Crippen LogP contribution in [0.4, 0.5) is 8.78 Å². The van der Waals surface area contributed by atoms with Crippen molar-refractivity contribution in [3.63, 3.8) is 0 Å². The molecular weight excluding hydrogens is 402 g/mol. The van der Waals surface area contributed by atoms with Crippen LogP contribution in [0.2, 0.25) is 0 Å². The highest BCUT2D eigenvalue weighted by atomic mass is 35.5. The third kappa shape index (κ3) is 7.33. The molecular formula is C21H29ClF2N2O3. The van der Waals surface area contributed by atoms with Gasteiger partial charge >= 0.3 is 0 Å². The zero-order chi connectivity index (χ0) is 21.4. The molecule has 1 aliphatic rings. The Hall–Kier alpha value is -1.54. The van der Waals surface area contributed by atoms with Gasteiger partial charge in [0, 0.05) is 44.0 Å². The van der Waals surface area contributed by atoms with Crippen LogP contribution in [0.5, 0.6) is 0 Å². The molecule has 0 spiro atoms. The van der Waals surface area contributed by atoms with Gasteiger partial charge in [0.15, 0.2) is 0 Å². The topological polar surface area (TPSA) is 61.8 Å². The minimum atomic E-state index is -1.01. The van der Waals surface area contributed by atoms with Gasteiger partial charge in [-0.05, 0) is 49.8 Å². The number of piperidine rings is 1. The zero-order valence-corrected chi connectivity index (χ0v) is 17.4. The van der Waals surface area contributed by atoms with E-state index in [2.05, 4.69) is 11.9 Å². The Morgan fingerprint density at radius 3 is 2.66 bits per heavy atom. The van der Waals surface area contributed by atoms with Crippen molar-refractivity contribution in [1.82, 2.24) is 9.74 Å². The molecule has 1 aromatic rings. The van der Waals surface area contributed by atoms with E-state index in [-0.39, 0.29) is 18.6 Å². The Morgan fingerprint density at radius 1 is 1.41 bits per heavy atom. The first-order valence-corrected chi connectivity index (χ1v) is 10.2. The Morgan fingerprint density at radius 2 is 2.10 bits per heavy atom. The van der Waals surface area contributed by atoms with Gasteiger partial charge < -0.3 is 15.2 Å². The molecule has 0 aromatic heterocycles. The van der Waals surface area contributed by atoms with Gasteiger partial charge in [-0.25, -0.2) is 13.2 Å². The molecule has 1 aromatic carbocycles. The molecule has 2 N–H and O–H groups in total. The van der Waals surface area contributed by atoms with E-state index >= 15 is 0 Å². The maximum Gasteiger partial charge on any atom is 0.234 e. The number of halogens is 3. The second-order valence-corrected chi connectivity index (χ2v) is 7.75. The molecule has 0 radical (unpaired) electrons. The van der Waals surface area contributed by atoms with Crippen LogP contribution >= 0.6 is 11.8 Å². The predicted molar refractivity (Wildman–Crippen MR) is 108 cm³/mol. The van der Waals surface area contributed by atoms with Gasteiger partial charge in [-0.2, -0.15) is 0 Å². The number of aliphatic hydroxyl groups is 1. The third-order valence-electron chi connectivity index (χ3n) is 5.08. The molecule has 1 heterocycles. The number of hydrogen-bond acceptors (Lipinski definition) is 4. The molecule has 4 atom stereocenters. The van der Waals surface area contributed by atoms with Crippen molar-refractivity contribution in [2.24, 2.45) is 0 Å². The van der Waals surface area contributed by atoms with E-state index in [0.29, 0.717) is 25.1 Å². The fourth-order valence-corrected chi connectivity index (χ4v) is 3.76. The van der Waals surface area contributed by atoms with E-state index in [1.807, 2.05) is 6.08 Å². The van der Waals surface area contributed by atoms with E-state index < -0.39 is 29.7 Å². The summed E-state index contributed by atoms with van der Waals surface area (Å²) in [5.74, 6) is -1.89. The lowest BCUT2D eigenvalue weighted by molar-refractivity contribution is -0.128. The molecule has 29 heavy (non-hydrogen) atoms. The smallest absolute Gasteiger partial charge is 0.234 e. The van der Waals surface area contributed by atoms with E-state index in [0.717, 1.165) is 29.7 Å². The monoisotopic (exact) mass is 430 g/mol. The second-order valence-electron chi connectivity index (χ2n) is 7.39. The maximum absolute atomic E-state index is 13.5. The molecule has 0 saturated carbocycles. The van der Waals surface area contributed by atoms with Crippen molar-refractivity contribution >= 4 is 17.7 Å². The van der Waals surface area contributed by atoms with Crippen LogP contribution in [0.3, 0.4) is 0 Å². The molecule has 1 fully saturated rings. The fourth-order valence-electron chi connectivity index (χ4n) is 3.57. The third-order valence-corrected chi connectivity index (χ3v) is 5.57. The minimum Gasteiger partial charge on any atom is -0.389 e. The predicted octanol–water partition coefficient (Wildman–Crippen LogP) is 3.34. The summed E-state index contributed by atoms with van der Waals surface area (Å²) in [5.41, 5.74) is 0.317. The summed E-state index contributed by atoms with van der Waals surface area (Å²) >= 11 is 6.13. The summed E-state index contributed by atoms with van der Waals surface area (Å²) in [7, 11) is 0. The average molecular weight is 431 g/mol. The van der Waals surface area contributed by atoms with Gasteiger partial charge in [0.2, 0.25) is 5.91 Å². The highest BCUT2D eigenvalue weighted by Crippen LogP contribution is 2.23. The standard InChI is InChI=1S/C21H29ClF2N2O3/c1-3-4-5-8-29-18-6-7-19(25-13-18)21(28)20(26(22)14(2)27)11-15-9-16(23)12-17(24)10-15/h3,9-10,12,18-21,25,28H,1,4-8,11,13H2,2H3/t18-,19-,20+,21-/m1/s1. The van der Waals surface area contributed by atoms with Crippen LogP contribution in [0.1, 0.15) is 38.2 Å². The fraction of sp³-hybridized carbons (Fsp3) is 0.571. The van der Waals surface area contributed by atoms with Crippen molar-refractivity contribution in [2.45, 2.75) is 63.3 Å². The van der Waals surface area contributed by atoms with Crippen LogP contribution in [-0.2, 0) is 16.0 Å². The van der Waals surface area contributed by atoms with Crippen molar-refractivity contribution < 1.29 is 23.4 Å². The molecule has 5 nitrogen and oxygen atoms in total. The first-order valence-electron chi connectivity index (χ1n) is 9.86. The Labute approximate surface area is 175 Å².